The molecular weight excluding hydrogens is 308 g/mol. The summed E-state index contributed by atoms with van der Waals surface area (Å²) in [4.78, 5) is 4.29. The van der Waals surface area contributed by atoms with Crippen molar-refractivity contribution in [2.45, 2.75) is 13.3 Å². The van der Waals surface area contributed by atoms with E-state index in [1.54, 1.807) is 13.3 Å². The van der Waals surface area contributed by atoms with E-state index >= 15 is 0 Å². The van der Waals surface area contributed by atoms with Gasteiger partial charge in [-0.25, -0.2) is 4.98 Å². The van der Waals surface area contributed by atoms with Crippen molar-refractivity contribution in [3.05, 3.63) is 34.8 Å². The topological polar surface area (TPSA) is 47.3 Å². The maximum Gasteiger partial charge on any atom is 0.196 e. The Morgan fingerprint density at radius 3 is 3.00 bits per heavy atom. The van der Waals surface area contributed by atoms with Gasteiger partial charge in [0.05, 0.1) is 13.3 Å². The zero-order valence-corrected chi connectivity index (χ0v) is 12.7. The Morgan fingerprint density at radius 2 is 2.26 bits per heavy atom. The molecule has 2 aromatic rings. The first-order valence-corrected chi connectivity index (χ1v) is 7.03. The van der Waals surface area contributed by atoms with Crippen LogP contribution < -0.4 is 10.1 Å². The lowest BCUT2D eigenvalue weighted by Gasteiger charge is -2.04. The Balaban J connectivity index is 2.17. The maximum atomic E-state index is 5.76. The summed E-state index contributed by atoms with van der Waals surface area (Å²) in [5.41, 5.74) is 0.946. The number of benzene rings is 1. The van der Waals surface area contributed by atoms with E-state index in [1.165, 1.54) is 0 Å². The van der Waals surface area contributed by atoms with Crippen molar-refractivity contribution in [2.75, 3.05) is 20.2 Å². The fourth-order valence-electron chi connectivity index (χ4n) is 1.74. The summed E-state index contributed by atoms with van der Waals surface area (Å²) in [6.45, 7) is 3.90. The number of ether oxygens (including phenoxy) is 1. The smallest absolute Gasteiger partial charge is 0.196 e. The van der Waals surface area contributed by atoms with E-state index in [9.17, 15) is 0 Å². The summed E-state index contributed by atoms with van der Waals surface area (Å²) in [6, 6.07) is 5.77. The molecule has 0 aliphatic carbocycles. The van der Waals surface area contributed by atoms with E-state index in [4.69, 9.17) is 9.15 Å². The zero-order chi connectivity index (χ0) is 13.7. The van der Waals surface area contributed by atoms with Crippen LogP contribution in [0.25, 0.3) is 11.3 Å². The maximum absolute atomic E-state index is 5.76. The van der Waals surface area contributed by atoms with Crippen molar-refractivity contribution in [2.24, 2.45) is 0 Å². The van der Waals surface area contributed by atoms with E-state index in [-0.39, 0.29) is 0 Å². The molecule has 1 heterocycles. The quantitative estimate of drug-likeness (QED) is 0.828. The van der Waals surface area contributed by atoms with Crippen LogP contribution in [0.4, 0.5) is 0 Å². The highest BCUT2D eigenvalue weighted by Crippen LogP contribution is 2.32. The monoisotopic (exact) mass is 324 g/mol. The number of likely N-dealkylation sites (N-methyl/N-ethyl adjacent to an activating group) is 1. The van der Waals surface area contributed by atoms with Crippen LogP contribution >= 0.6 is 15.9 Å². The minimum atomic E-state index is 0.741. The highest BCUT2D eigenvalue weighted by molar-refractivity contribution is 9.10. The van der Waals surface area contributed by atoms with Crippen molar-refractivity contribution in [3.63, 3.8) is 0 Å². The van der Waals surface area contributed by atoms with Gasteiger partial charge in [-0.3, -0.25) is 0 Å². The van der Waals surface area contributed by atoms with Crippen LogP contribution in [0.2, 0.25) is 0 Å². The number of hydrogen-bond acceptors (Lipinski definition) is 4. The standard InChI is InChI=1S/C14H17BrN2O2/c1-3-16-7-6-14-17-9-13(19-14)11-8-10(18-2)4-5-12(11)15/h4-5,8-9,16H,3,6-7H2,1-2H3. The Kier molecular flexibility index (Phi) is 4.99. The van der Waals surface area contributed by atoms with Crippen LogP contribution in [0.15, 0.2) is 33.3 Å². The summed E-state index contributed by atoms with van der Waals surface area (Å²) in [5.74, 6) is 2.28. The molecule has 102 valence electrons. The minimum absolute atomic E-state index is 0.741. The predicted molar refractivity (Wildman–Crippen MR) is 78.4 cm³/mol. The van der Waals surface area contributed by atoms with Gasteiger partial charge in [-0.1, -0.05) is 22.9 Å². The third-order valence-corrected chi connectivity index (χ3v) is 3.45. The van der Waals surface area contributed by atoms with Crippen LogP contribution in [0.5, 0.6) is 5.75 Å². The van der Waals surface area contributed by atoms with Gasteiger partial charge in [0.15, 0.2) is 11.7 Å². The van der Waals surface area contributed by atoms with Gasteiger partial charge >= 0.3 is 0 Å². The first-order chi connectivity index (χ1) is 9.24. The molecule has 0 aliphatic rings. The molecule has 0 fully saturated rings. The first-order valence-electron chi connectivity index (χ1n) is 6.24. The summed E-state index contributed by atoms with van der Waals surface area (Å²) in [7, 11) is 1.65. The Morgan fingerprint density at radius 1 is 1.42 bits per heavy atom. The number of aromatic nitrogens is 1. The van der Waals surface area contributed by atoms with Crippen molar-refractivity contribution < 1.29 is 9.15 Å². The second-order valence-corrected chi connectivity index (χ2v) is 4.92. The van der Waals surface area contributed by atoms with E-state index in [1.807, 2.05) is 18.2 Å². The Hall–Kier alpha value is -1.33. The lowest BCUT2D eigenvalue weighted by molar-refractivity contribution is 0.414. The normalized spacial score (nSPS) is 10.7. The molecule has 1 N–H and O–H groups in total. The van der Waals surface area contributed by atoms with E-state index in [0.29, 0.717) is 0 Å². The molecule has 0 spiro atoms. The molecule has 1 aromatic carbocycles. The van der Waals surface area contributed by atoms with Crippen LogP contribution in [0.1, 0.15) is 12.8 Å². The number of nitrogens with one attached hydrogen (secondary N) is 1. The number of hydrogen-bond donors (Lipinski definition) is 1. The van der Waals surface area contributed by atoms with Crippen molar-refractivity contribution in [1.29, 1.82) is 0 Å². The van der Waals surface area contributed by atoms with Gasteiger partial charge in [-0.2, -0.15) is 0 Å². The third kappa shape index (κ3) is 3.58. The van der Waals surface area contributed by atoms with Crippen molar-refractivity contribution in [1.82, 2.24) is 10.3 Å². The van der Waals surface area contributed by atoms with Gasteiger partial charge < -0.3 is 14.5 Å². The molecular formula is C14H17BrN2O2. The first kappa shape index (κ1) is 14.1. The molecule has 0 radical (unpaired) electrons. The SMILES string of the molecule is CCNCCc1ncc(-c2cc(OC)ccc2Br)o1. The fourth-order valence-corrected chi connectivity index (χ4v) is 2.18. The molecule has 0 bridgehead atoms. The van der Waals surface area contributed by atoms with Crippen molar-refractivity contribution in [3.8, 4) is 17.1 Å². The van der Waals surface area contributed by atoms with E-state index in [0.717, 1.165) is 46.9 Å². The molecule has 0 atom stereocenters. The molecule has 0 saturated heterocycles. The second kappa shape index (κ2) is 6.73. The molecule has 1 aromatic heterocycles. The number of oxazole rings is 1. The lowest BCUT2D eigenvalue weighted by atomic mass is 10.2. The summed E-state index contributed by atoms with van der Waals surface area (Å²) < 4.78 is 11.9. The molecule has 0 aliphatic heterocycles. The Labute approximate surface area is 121 Å². The molecule has 0 saturated carbocycles. The molecule has 5 heteroatoms. The van der Waals surface area contributed by atoms with Gasteiger partial charge in [0.25, 0.3) is 0 Å². The van der Waals surface area contributed by atoms with E-state index in [2.05, 4.69) is 33.2 Å². The van der Waals surface area contributed by atoms with Gasteiger partial charge in [0.1, 0.15) is 5.75 Å². The van der Waals surface area contributed by atoms with Gasteiger partial charge in [-0.15, -0.1) is 0 Å². The van der Waals surface area contributed by atoms with Gasteiger partial charge in [0, 0.05) is 23.0 Å². The van der Waals surface area contributed by atoms with Gasteiger partial charge in [-0.05, 0) is 24.7 Å². The molecule has 19 heavy (non-hydrogen) atoms. The molecule has 2 rings (SSSR count). The average Bonchev–Trinajstić information content (AvgIpc) is 2.88. The second-order valence-electron chi connectivity index (χ2n) is 4.07. The molecule has 0 amide bonds. The predicted octanol–water partition coefficient (Wildman–Crippen LogP) is 3.26. The van der Waals surface area contributed by atoms with Crippen molar-refractivity contribution >= 4 is 15.9 Å². The number of halogens is 1. The third-order valence-electron chi connectivity index (χ3n) is 2.76. The number of rotatable bonds is 6. The van der Waals surface area contributed by atoms with Gasteiger partial charge in [0.2, 0.25) is 0 Å². The highest BCUT2D eigenvalue weighted by atomic mass is 79.9. The minimum Gasteiger partial charge on any atom is -0.497 e. The molecule has 0 unspecified atom stereocenters. The van der Waals surface area contributed by atoms with Crippen LogP contribution in [-0.4, -0.2) is 25.2 Å². The summed E-state index contributed by atoms with van der Waals surface area (Å²) in [5, 5.41) is 3.25. The lowest BCUT2D eigenvalue weighted by Crippen LogP contribution is -2.16. The Bertz CT molecular complexity index is 540. The van der Waals surface area contributed by atoms with E-state index < -0.39 is 0 Å². The summed E-state index contributed by atoms with van der Waals surface area (Å²) >= 11 is 3.51. The fraction of sp³-hybridized carbons (Fsp3) is 0.357. The van der Waals surface area contributed by atoms with Crippen LogP contribution in [-0.2, 0) is 6.42 Å². The highest BCUT2D eigenvalue weighted by Gasteiger charge is 2.10. The largest absolute Gasteiger partial charge is 0.497 e. The van der Waals surface area contributed by atoms with Crippen LogP contribution in [0, 0.1) is 0 Å². The molecule has 4 nitrogen and oxygen atoms in total. The average molecular weight is 325 g/mol. The van der Waals surface area contributed by atoms with Crippen LogP contribution in [0.3, 0.4) is 0 Å². The summed E-state index contributed by atoms with van der Waals surface area (Å²) in [6.07, 6.45) is 2.54. The zero-order valence-electron chi connectivity index (χ0n) is 11.1. The number of methoxy groups -OCH3 is 1. The number of nitrogens with zero attached hydrogens (tertiary/aromatic N) is 1.